The van der Waals surface area contributed by atoms with E-state index in [-0.39, 0.29) is 0 Å². The zero-order valence-corrected chi connectivity index (χ0v) is 9.74. The molecule has 2 aliphatic rings. The molecule has 0 saturated carbocycles. The summed E-state index contributed by atoms with van der Waals surface area (Å²) in [7, 11) is 0. The lowest BCUT2D eigenvalue weighted by Gasteiger charge is -2.26. The third-order valence-electron chi connectivity index (χ3n) is 3.74. The molecule has 3 rings (SSSR count). The van der Waals surface area contributed by atoms with E-state index in [1.165, 1.54) is 31.4 Å². The van der Waals surface area contributed by atoms with Crippen LogP contribution in [-0.4, -0.2) is 26.2 Å². The van der Waals surface area contributed by atoms with Gasteiger partial charge >= 0.3 is 0 Å². The minimum atomic E-state index is 0.596. The maximum Gasteiger partial charge on any atom is 0.195 e. The lowest BCUT2D eigenvalue weighted by molar-refractivity contribution is 0.450. The zero-order chi connectivity index (χ0) is 10.8. The second-order valence-corrected chi connectivity index (χ2v) is 4.91. The molecule has 1 aromatic rings. The Labute approximate surface area is 96.8 Å². The molecular formula is C13H20N2O. The molecule has 2 fully saturated rings. The number of hydrogen-bond acceptors (Lipinski definition) is 3. The number of nitrogens with zero attached hydrogens (tertiary/aromatic N) is 1. The van der Waals surface area contributed by atoms with Crippen molar-refractivity contribution in [3.8, 4) is 0 Å². The normalized spacial score (nSPS) is 26.2. The molecule has 0 aliphatic carbocycles. The van der Waals surface area contributed by atoms with Crippen molar-refractivity contribution in [1.29, 1.82) is 0 Å². The van der Waals surface area contributed by atoms with E-state index < -0.39 is 0 Å². The first-order valence-electron chi connectivity index (χ1n) is 6.49. The van der Waals surface area contributed by atoms with Crippen LogP contribution in [0.3, 0.4) is 0 Å². The summed E-state index contributed by atoms with van der Waals surface area (Å²) in [5, 5.41) is 3.39. The monoisotopic (exact) mass is 220 g/mol. The van der Waals surface area contributed by atoms with Gasteiger partial charge in [0.05, 0.1) is 0 Å². The van der Waals surface area contributed by atoms with Crippen molar-refractivity contribution >= 4 is 5.88 Å². The molecule has 0 bridgehead atoms. The molecule has 1 aromatic heterocycles. The SMILES string of the molecule is c1cc(N2CCCCC2)oc1C1CCNC1. The Morgan fingerprint density at radius 2 is 2.06 bits per heavy atom. The van der Waals surface area contributed by atoms with E-state index in [4.69, 9.17) is 4.42 Å². The first-order valence-corrected chi connectivity index (χ1v) is 6.49. The molecule has 2 aliphatic heterocycles. The van der Waals surface area contributed by atoms with Crippen LogP contribution in [0.15, 0.2) is 16.5 Å². The van der Waals surface area contributed by atoms with E-state index in [2.05, 4.69) is 22.3 Å². The van der Waals surface area contributed by atoms with Crippen LogP contribution in [0.1, 0.15) is 37.4 Å². The number of piperidine rings is 1. The lowest BCUT2D eigenvalue weighted by Crippen LogP contribution is -2.28. The van der Waals surface area contributed by atoms with E-state index >= 15 is 0 Å². The Kier molecular flexibility index (Phi) is 2.87. The molecule has 0 spiro atoms. The summed E-state index contributed by atoms with van der Waals surface area (Å²) >= 11 is 0. The quantitative estimate of drug-likeness (QED) is 0.829. The number of nitrogens with one attached hydrogen (secondary N) is 1. The predicted molar refractivity (Wildman–Crippen MR) is 65.0 cm³/mol. The minimum absolute atomic E-state index is 0.596. The second kappa shape index (κ2) is 4.50. The molecule has 3 heterocycles. The van der Waals surface area contributed by atoms with Gasteiger partial charge in [0.25, 0.3) is 0 Å². The second-order valence-electron chi connectivity index (χ2n) is 4.91. The van der Waals surface area contributed by atoms with Crippen molar-refractivity contribution in [3.63, 3.8) is 0 Å². The van der Waals surface area contributed by atoms with E-state index in [1.54, 1.807) is 0 Å². The standard InChI is InChI=1S/C13H20N2O/c1-2-8-15(9-3-1)13-5-4-12(16-13)11-6-7-14-10-11/h4-5,11,14H,1-3,6-10H2. The van der Waals surface area contributed by atoms with Crippen LogP contribution >= 0.6 is 0 Å². The Hall–Kier alpha value is -0.960. The number of rotatable bonds is 2. The Morgan fingerprint density at radius 1 is 1.19 bits per heavy atom. The average Bonchev–Trinajstić information content (AvgIpc) is 3.01. The number of hydrogen-bond donors (Lipinski definition) is 1. The van der Waals surface area contributed by atoms with Gasteiger partial charge < -0.3 is 14.6 Å². The maximum absolute atomic E-state index is 5.99. The van der Waals surface area contributed by atoms with E-state index in [1.807, 2.05) is 0 Å². The van der Waals surface area contributed by atoms with E-state index in [0.29, 0.717) is 5.92 Å². The summed E-state index contributed by atoms with van der Waals surface area (Å²) in [6, 6.07) is 4.32. The topological polar surface area (TPSA) is 28.4 Å². The molecule has 2 saturated heterocycles. The Balaban J connectivity index is 1.71. The number of anilines is 1. The summed E-state index contributed by atoms with van der Waals surface area (Å²) in [5.41, 5.74) is 0. The Bertz CT molecular complexity index is 335. The fourth-order valence-corrected chi connectivity index (χ4v) is 2.74. The highest BCUT2D eigenvalue weighted by Crippen LogP contribution is 2.29. The molecule has 1 N–H and O–H groups in total. The van der Waals surface area contributed by atoms with Crippen LogP contribution in [0, 0.1) is 0 Å². The fourth-order valence-electron chi connectivity index (χ4n) is 2.74. The molecule has 3 nitrogen and oxygen atoms in total. The predicted octanol–water partition coefficient (Wildman–Crippen LogP) is 2.35. The third-order valence-corrected chi connectivity index (χ3v) is 3.74. The highest BCUT2D eigenvalue weighted by Gasteiger charge is 2.21. The van der Waals surface area contributed by atoms with Gasteiger partial charge in [0.2, 0.25) is 0 Å². The van der Waals surface area contributed by atoms with Crippen molar-refractivity contribution in [2.24, 2.45) is 0 Å². The van der Waals surface area contributed by atoms with Gasteiger partial charge in [0, 0.05) is 31.6 Å². The molecule has 16 heavy (non-hydrogen) atoms. The molecular weight excluding hydrogens is 200 g/mol. The molecule has 1 atom stereocenters. The van der Waals surface area contributed by atoms with Crippen molar-refractivity contribution in [2.75, 3.05) is 31.1 Å². The highest BCUT2D eigenvalue weighted by atomic mass is 16.4. The van der Waals surface area contributed by atoms with Gasteiger partial charge in [-0.3, -0.25) is 0 Å². The third kappa shape index (κ3) is 1.96. The van der Waals surface area contributed by atoms with Gasteiger partial charge in [0.1, 0.15) is 5.76 Å². The molecule has 3 heteroatoms. The first-order chi connectivity index (χ1) is 7.93. The molecule has 1 unspecified atom stereocenters. The van der Waals surface area contributed by atoms with Gasteiger partial charge in [-0.1, -0.05) is 0 Å². The van der Waals surface area contributed by atoms with Crippen molar-refractivity contribution < 1.29 is 4.42 Å². The smallest absolute Gasteiger partial charge is 0.195 e. The van der Waals surface area contributed by atoms with Crippen LogP contribution in [0.5, 0.6) is 0 Å². The molecule has 0 amide bonds. The summed E-state index contributed by atoms with van der Waals surface area (Å²) in [5.74, 6) is 2.85. The molecule has 88 valence electrons. The Morgan fingerprint density at radius 3 is 2.81 bits per heavy atom. The number of furan rings is 1. The minimum Gasteiger partial charge on any atom is -0.445 e. The van der Waals surface area contributed by atoms with Crippen LogP contribution in [0.4, 0.5) is 5.88 Å². The van der Waals surface area contributed by atoms with E-state index in [9.17, 15) is 0 Å². The van der Waals surface area contributed by atoms with Gasteiger partial charge in [-0.25, -0.2) is 0 Å². The summed E-state index contributed by atoms with van der Waals surface area (Å²) < 4.78 is 5.99. The summed E-state index contributed by atoms with van der Waals surface area (Å²) in [6.45, 7) is 4.53. The molecule has 0 aromatic carbocycles. The van der Waals surface area contributed by atoms with Gasteiger partial charge in [-0.2, -0.15) is 0 Å². The van der Waals surface area contributed by atoms with Gasteiger partial charge in [0.15, 0.2) is 5.88 Å². The van der Waals surface area contributed by atoms with Crippen molar-refractivity contribution in [1.82, 2.24) is 5.32 Å². The van der Waals surface area contributed by atoms with Gasteiger partial charge in [-0.15, -0.1) is 0 Å². The lowest BCUT2D eigenvalue weighted by atomic mass is 10.1. The van der Waals surface area contributed by atoms with Crippen LogP contribution in [-0.2, 0) is 0 Å². The average molecular weight is 220 g/mol. The fraction of sp³-hybridized carbons (Fsp3) is 0.692. The first kappa shape index (κ1) is 10.2. The van der Waals surface area contributed by atoms with E-state index in [0.717, 1.165) is 32.1 Å². The van der Waals surface area contributed by atoms with Crippen LogP contribution < -0.4 is 10.2 Å². The maximum atomic E-state index is 5.99. The van der Waals surface area contributed by atoms with Crippen molar-refractivity contribution in [3.05, 3.63) is 17.9 Å². The van der Waals surface area contributed by atoms with Gasteiger partial charge in [-0.05, 0) is 38.3 Å². The zero-order valence-electron chi connectivity index (χ0n) is 9.74. The largest absolute Gasteiger partial charge is 0.445 e. The van der Waals surface area contributed by atoms with Crippen molar-refractivity contribution in [2.45, 2.75) is 31.6 Å². The van der Waals surface area contributed by atoms with Crippen LogP contribution in [0.2, 0.25) is 0 Å². The highest BCUT2D eigenvalue weighted by molar-refractivity contribution is 5.37. The summed E-state index contributed by atoms with van der Waals surface area (Å²) in [6.07, 6.45) is 5.20. The van der Waals surface area contributed by atoms with Crippen LogP contribution in [0.25, 0.3) is 0 Å². The summed E-state index contributed by atoms with van der Waals surface area (Å²) in [4.78, 5) is 2.38. The molecule has 0 radical (unpaired) electrons.